The van der Waals surface area contributed by atoms with Gasteiger partial charge in [-0.05, 0) is 53.8 Å². The lowest BCUT2D eigenvalue weighted by Crippen LogP contribution is -2.13. The van der Waals surface area contributed by atoms with E-state index in [-0.39, 0.29) is 12.0 Å². The summed E-state index contributed by atoms with van der Waals surface area (Å²) in [6.07, 6.45) is 5.15. The highest BCUT2D eigenvalue weighted by Gasteiger charge is 2.26. The van der Waals surface area contributed by atoms with Crippen LogP contribution in [-0.4, -0.2) is 25.6 Å². The van der Waals surface area contributed by atoms with Gasteiger partial charge < -0.3 is 9.67 Å². The molecule has 0 unspecified atom stereocenters. The molecule has 0 saturated carbocycles. The number of carboxylic acids is 1. The van der Waals surface area contributed by atoms with Crippen LogP contribution in [0.25, 0.3) is 22.0 Å². The quantitative estimate of drug-likeness (QED) is 0.360. The van der Waals surface area contributed by atoms with Crippen molar-refractivity contribution in [2.24, 2.45) is 0 Å². The van der Waals surface area contributed by atoms with Crippen LogP contribution in [0.15, 0.2) is 64.9 Å². The minimum absolute atomic E-state index is 0.108. The first-order valence-corrected chi connectivity index (χ1v) is 11.4. The molecule has 0 radical (unpaired) electrons. The minimum atomic E-state index is -0.877. The van der Waals surface area contributed by atoms with Crippen molar-refractivity contribution in [2.45, 2.75) is 49.4 Å². The van der Waals surface area contributed by atoms with Crippen LogP contribution in [0, 0.1) is 6.92 Å². The van der Waals surface area contributed by atoms with Crippen molar-refractivity contribution >= 4 is 40.2 Å². The Bertz CT molecular complexity index is 1290. The minimum Gasteiger partial charge on any atom is -0.480 e. The third-order valence-corrected chi connectivity index (χ3v) is 6.88. The number of fused-ring (bicyclic) bond motifs is 1. The molecule has 4 aromatic rings. The van der Waals surface area contributed by atoms with Crippen LogP contribution in [0.1, 0.15) is 32.0 Å². The Morgan fingerprint density at radius 1 is 1.09 bits per heavy atom. The number of halogens is 1. The molecule has 0 aliphatic heterocycles. The van der Waals surface area contributed by atoms with E-state index in [0.29, 0.717) is 5.02 Å². The third-order valence-electron chi connectivity index (χ3n) is 5.42. The number of carboxylic acid groups (broad SMARTS) is 1. The molecule has 2 aromatic heterocycles. The maximum Gasteiger partial charge on any atom is 0.323 e. The summed E-state index contributed by atoms with van der Waals surface area (Å²) in [7, 11) is 0. The zero-order valence-corrected chi connectivity index (χ0v) is 20.0. The van der Waals surface area contributed by atoms with Gasteiger partial charge in [-0.2, -0.15) is 0 Å². The molecule has 2 aromatic carbocycles. The fraction of sp³-hybridized carbons (Fsp3) is 0.240. The largest absolute Gasteiger partial charge is 0.480 e. The summed E-state index contributed by atoms with van der Waals surface area (Å²) in [4.78, 5) is 22.3. The van der Waals surface area contributed by atoms with Gasteiger partial charge in [0.25, 0.3) is 0 Å². The predicted octanol–water partition coefficient (Wildman–Crippen LogP) is 6.59. The zero-order chi connectivity index (χ0) is 23.0. The Hall–Kier alpha value is -2.83. The first-order valence-electron chi connectivity index (χ1n) is 10.2. The standard InChI is InChI=1S/C25H24ClN3O2S/c1-15-24(32-18-7-5-17(26)6-8-18)23-20(29(15)13-21(30)31)10-9-19(25(2,3)4)22(23)16-11-27-14-28-12-16/h5-12,14H,13H2,1-4H3,(H,30,31). The van der Waals surface area contributed by atoms with Gasteiger partial charge in [-0.3, -0.25) is 4.79 Å². The number of aromatic nitrogens is 3. The van der Waals surface area contributed by atoms with Crippen LogP contribution >= 0.6 is 23.4 Å². The van der Waals surface area contributed by atoms with Crippen LogP contribution in [0.3, 0.4) is 0 Å². The van der Waals surface area contributed by atoms with Crippen molar-refractivity contribution in [1.29, 1.82) is 0 Å². The second-order valence-corrected chi connectivity index (χ2v) is 10.2. The van der Waals surface area contributed by atoms with E-state index in [1.165, 1.54) is 6.33 Å². The van der Waals surface area contributed by atoms with E-state index in [1.807, 2.05) is 54.2 Å². The highest BCUT2D eigenvalue weighted by Crippen LogP contribution is 2.46. The fourth-order valence-corrected chi connectivity index (χ4v) is 5.17. The molecule has 0 aliphatic rings. The summed E-state index contributed by atoms with van der Waals surface area (Å²) in [6, 6.07) is 11.8. The first kappa shape index (κ1) is 22.4. The Morgan fingerprint density at radius 3 is 2.34 bits per heavy atom. The van der Waals surface area contributed by atoms with Crippen LogP contribution in [0.5, 0.6) is 0 Å². The van der Waals surface area contributed by atoms with E-state index < -0.39 is 5.97 Å². The van der Waals surface area contributed by atoms with Crippen LogP contribution in [0.2, 0.25) is 5.02 Å². The van der Waals surface area contributed by atoms with Gasteiger partial charge >= 0.3 is 5.97 Å². The number of benzene rings is 2. The average Bonchev–Trinajstić information content (AvgIpc) is 3.00. The number of aliphatic carboxylic acids is 1. The van der Waals surface area contributed by atoms with Gasteiger partial charge in [-0.15, -0.1) is 0 Å². The lowest BCUT2D eigenvalue weighted by Gasteiger charge is -2.24. The van der Waals surface area contributed by atoms with Crippen LogP contribution in [-0.2, 0) is 16.8 Å². The van der Waals surface area contributed by atoms with E-state index in [0.717, 1.165) is 43.1 Å². The molecule has 2 heterocycles. The van der Waals surface area contributed by atoms with Crippen LogP contribution in [0.4, 0.5) is 0 Å². The van der Waals surface area contributed by atoms with E-state index >= 15 is 0 Å². The van der Waals surface area contributed by atoms with Gasteiger partial charge in [-0.25, -0.2) is 9.97 Å². The predicted molar refractivity (Wildman–Crippen MR) is 130 cm³/mol. The Balaban J connectivity index is 2.09. The summed E-state index contributed by atoms with van der Waals surface area (Å²) in [5, 5.41) is 11.3. The summed E-state index contributed by atoms with van der Waals surface area (Å²) in [6.45, 7) is 8.39. The molecule has 7 heteroatoms. The van der Waals surface area contributed by atoms with Crippen molar-refractivity contribution in [1.82, 2.24) is 14.5 Å². The molecular weight excluding hydrogens is 442 g/mol. The summed E-state index contributed by atoms with van der Waals surface area (Å²) < 4.78 is 1.87. The maximum absolute atomic E-state index is 11.7. The van der Waals surface area contributed by atoms with Gasteiger partial charge in [0.15, 0.2) is 0 Å². The van der Waals surface area contributed by atoms with Crippen LogP contribution < -0.4 is 0 Å². The Morgan fingerprint density at radius 2 is 1.75 bits per heavy atom. The zero-order valence-electron chi connectivity index (χ0n) is 18.4. The molecule has 0 fully saturated rings. The fourth-order valence-electron chi connectivity index (χ4n) is 3.97. The molecule has 0 atom stereocenters. The lowest BCUT2D eigenvalue weighted by molar-refractivity contribution is -0.137. The topological polar surface area (TPSA) is 68.0 Å². The summed E-state index contributed by atoms with van der Waals surface area (Å²) in [5.74, 6) is -0.877. The van der Waals surface area contributed by atoms with Crippen molar-refractivity contribution in [2.75, 3.05) is 0 Å². The molecule has 0 aliphatic carbocycles. The molecular formula is C25H24ClN3O2S. The van der Waals surface area contributed by atoms with E-state index in [4.69, 9.17) is 11.6 Å². The molecule has 5 nitrogen and oxygen atoms in total. The van der Waals surface area contributed by atoms with Gasteiger partial charge in [0.05, 0.1) is 5.52 Å². The highest BCUT2D eigenvalue weighted by molar-refractivity contribution is 7.99. The molecule has 32 heavy (non-hydrogen) atoms. The summed E-state index contributed by atoms with van der Waals surface area (Å²) >= 11 is 7.70. The average molecular weight is 466 g/mol. The molecule has 0 saturated heterocycles. The second kappa shape index (κ2) is 8.60. The molecule has 1 N–H and O–H groups in total. The number of hydrogen-bond acceptors (Lipinski definition) is 4. The number of rotatable bonds is 5. The maximum atomic E-state index is 11.7. The third kappa shape index (κ3) is 4.25. The normalized spacial score (nSPS) is 11.8. The molecule has 0 bridgehead atoms. The molecule has 0 amide bonds. The van der Waals surface area contributed by atoms with Crippen molar-refractivity contribution in [3.05, 3.63) is 71.4 Å². The smallest absolute Gasteiger partial charge is 0.323 e. The Kier molecular flexibility index (Phi) is 6.01. The highest BCUT2D eigenvalue weighted by atomic mass is 35.5. The van der Waals surface area contributed by atoms with Crippen molar-refractivity contribution in [3.8, 4) is 11.1 Å². The number of carbonyl (C=O) groups is 1. The van der Waals surface area contributed by atoms with Crippen molar-refractivity contribution in [3.63, 3.8) is 0 Å². The second-order valence-electron chi connectivity index (χ2n) is 8.71. The lowest BCUT2D eigenvalue weighted by atomic mass is 9.81. The van der Waals surface area contributed by atoms with Gasteiger partial charge in [0.2, 0.25) is 0 Å². The SMILES string of the molecule is Cc1c(Sc2ccc(Cl)cc2)c2c(-c3cncnc3)c(C(C)(C)C)ccc2n1CC(=O)O. The number of nitrogens with zero attached hydrogens (tertiary/aromatic N) is 3. The number of hydrogen-bond donors (Lipinski definition) is 1. The van der Waals surface area contributed by atoms with E-state index in [2.05, 4.69) is 36.8 Å². The molecule has 4 rings (SSSR count). The monoisotopic (exact) mass is 465 g/mol. The van der Waals surface area contributed by atoms with E-state index in [1.54, 1.807) is 11.8 Å². The summed E-state index contributed by atoms with van der Waals surface area (Å²) in [5.41, 5.74) is 4.77. The van der Waals surface area contributed by atoms with Gasteiger partial charge in [-0.1, -0.05) is 50.2 Å². The first-order chi connectivity index (χ1) is 15.2. The Labute approximate surface area is 196 Å². The van der Waals surface area contributed by atoms with E-state index in [9.17, 15) is 9.90 Å². The van der Waals surface area contributed by atoms with Gasteiger partial charge in [0.1, 0.15) is 12.9 Å². The van der Waals surface area contributed by atoms with Gasteiger partial charge in [0, 0.05) is 43.9 Å². The van der Waals surface area contributed by atoms with Crippen molar-refractivity contribution < 1.29 is 9.90 Å². The molecule has 164 valence electrons. The molecule has 0 spiro atoms.